The smallest absolute Gasteiger partial charge is 0.220 e. The van der Waals surface area contributed by atoms with Gasteiger partial charge in [-0.1, -0.05) is 423 Å². The van der Waals surface area contributed by atoms with Gasteiger partial charge in [0.2, 0.25) is 5.91 Å². The predicted molar refractivity (Wildman–Crippen MR) is 476 cm³/mol. The summed E-state index contributed by atoms with van der Waals surface area (Å²) in [6.07, 6.45) is 74.9. The van der Waals surface area contributed by atoms with Crippen LogP contribution in [0, 0.1) is 0 Å². The molecule has 3 aliphatic heterocycles. The molecule has 0 bridgehead atoms. The first kappa shape index (κ1) is 109. The Labute approximate surface area is 714 Å². The van der Waals surface area contributed by atoms with Crippen molar-refractivity contribution in [1.82, 2.24) is 5.32 Å². The van der Waals surface area contributed by atoms with E-state index in [4.69, 9.17) is 28.4 Å². The molecule has 0 spiro atoms. The molecule has 0 aromatic rings. The van der Waals surface area contributed by atoms with Crippen LogP contribution in [0.5, 0.6) is 0 Å². The molecule has 3 fully saturated rings. The zero-order chi connectivity index (χ0) is 84.5. The molecule has 12 N–H and O–H groups in total. The molecule has 0 saturated carbocycles. The van der Waals surface area contributed by atoms with Crippen LogP contribution in [0.25, 0.3) is 0 Å². The van der Waals surface area contributed by atoms with Crippen LogP contribution in [0.1, 0.15) is 450 Å². The van der Waals surface area contributed by atoms with Crippen LogP contribution < -0.4 is 5.32 Å². The number of rotatable bonds is 83. The number of ether oxygens (including phenoxy) is 6. The standard InChI is InChI=1S/C98H185NO18/c1-3-5-7-9-11-13-15-17-19-21-23-25-27-29-31-33-35-36-37-38-39-40-41-42-43-44-46-48-50-52-54-56-58-60-62-64-66-68-70-72-74-76-86(104)99-81(82(103)75-73-71-69-67-65-63-61-59-57-55-53-51-49-47-45-34-32-30-28-26-24-22-20-18-16-14-12-10-8-6-4-2)80-112-96-92(110)89(107)94(84(78-101)114-96)117-98-93(111)90(108)95(85(79-102)115-98)116-97-91(109)88(106)87(105)83(77-100)113-97/h21,23,65,67,73,75,81-85,87-98,100-103,105-111H,3-20,22,24-64,66,68-72,74,76-80H2,1-2H3,(H,99,104)/b23-21-,67-65+,75-73+. The van der Waals surface area contributed by atoms with E-state index in [0.717, 1.165) is 38.5 Å². The zero-order valence-electron chi connectivity index (χ0n) is 75.0. The third-order valence-corrected chi connectivity index (χ3v) is 24.9. The van der Waals surface area contributed by atoms with Crippen LogP contribution in [-0.4, -0.2) is 193 Å². The number of carbonyl (C=O) groups is 1. The Balaban J connectivity index is 1.28. The van der Waals surface area contributed by atoms with Crippen molar-refractivity contribution < 1.29 is 89.4 Å². The first-order valence-electron chi connectivity index (χ1n) is 49.7. The summed E-state index contributed by atoms with van der Waals surface area (Å²) in [5, 5.41) is 121. The molecule has 0 radical (unpaired) electrons. The lowest BCUT2D eigenvalue weighted by molar-refractivity contribution is -0.379. The minimum Gasteiger partial charge on any atom is -0.394 e. The Kier molecular flexibility index (Phi) is 72.4. The second kappa shape index (κ2) is 77.6. The van der Waals surface area contributed by atoms with Crippen molar-refractivity contribution in [2.75, 3.05) is 26.4 Å². The Bertz CT molecular complexity index is 2240. The largest absolute Gasteiger partial charge is 0.394 e. The van der Waals surface area contributed by atoms with Crippen LogP contribution >= 0.6 is 0 Å². The summed E-state index contributed by atoms with van der Waals surface area (Å²) in [7, 11) is 0. The summed E-state index contributed by atoms with van der Waals surface area (Å²) in [6.45, 7) is 1.80. The molecule has 17 atom stereocenters. The molecule has 3 aliphatic rings. The molecular formula is C98H185NO18. The van der Waals surface area contributed by atoms with Gasteiger partial charge in [-0.25, -0.2) is 0 Å². The highest BCUT2D eigenvalue weighted by Gasteiger charge is 2.54. The van der Waals surface area contributed by atoms with Crippen molar-refractivity contribution in [1.29, 1.82) is 0 Å². The van der Waals surface area contributed by atoms with E-state index in [-0.39, 0.29) is 18.9 Å². The van der Waals surface area contributed by atoms with Gasteiger partial charge < -0.3 is 89.9 Å². The zero-order valence-corrected chi connectivity index (χ0v) is 75.0. The van der Waals surface area contributed by atoms with Crippen LogP contribution in [0.3, 0.4) is 0 Å². The summed E-state index contributed by atoms with van der Waals surface area (Å²) in [6, 6.07) is -0.991. The van der Waals surface area contributed by atoms with Crippen molar-refractivity contribution in [3.63, 3.8) is 0 Å². The second-order valence-electron chi connectivity index (χ2n) is 35.6. The summed E-state index contributed by atoms with van der Waals surface area (Å²) in [5.41, 5.74) is 0. The molecule has 117 heavy (non-hydrogen) atoms. The fourth-order valence-corrected chi connectivity index (χ4v) is 17.0. The maximum Gasteiger partial charge on any atom is 0.220 e. The van der Waals surface area contributed by atoms with Crippen molar-refractivity contribution in [3.05, 3.63) is 36.5 Å². The second-order valence-corrected chi connectivity index (χ2v) is 35.6. The maximum absolute atomic E-state index is 13.5. The lowest BCUT2D eigenvalue weighted by Gasteiger charge is -2.48. The lowest BCUT2D eigenvalue weighted by atomic mass is 9.96. The van der Waals surface area contributed by atoms with Gasteiger partial charge >= 0.3 is 0 Å². The Morgan fingerprint density at radius 2 is 0.547 bits per heavy atom. The van der Waals surface area contributed by atoms with Gasteiger partial charge in [-0.15, -0.1) is 0 Å². The van der Waals surface area contributed by atoms with Crippen LogP contribution in [-0.2, 0) is 33.2 Å². The molecule has 3 saturated heterocycles. The Morgan fingerprint density at radius 3 is 0.855 bits per heavy atom. The third-order valence-electron chi connectivity index (χ3n) is 24.9. The molecule has 0 aromatic carbocycles. The highest BCUT2D eigenvalue weighted by atomic mass is 16.8. The molecule has 3 heterocycles. The predicted octanol–water partition coefficient (Wildman–Crippen LogP) is 20.5. The van der Waals surface area contributed by atoms with Crippen molar-refractivity contribution in [2.24, 2.45) is 0 Å². The van der Waals surface area contributed by atoms with Crippen LogP contribution in [0.2, 0.25) is 0 Å². The number of aliphatic hydroxyl groups is 11. The van der Waals surface area contributed by atoms with E-state index in [9.17, 15) is 61.0 Å². The minimum absolute atomic E-state index is 0.241. The highest BCUT2D eigenvalue weighted by molar-refractivity contribution is 5.76. The summed E-state index contributed by atoms with van der Waals surface area (Å²) in [4.78, 5) is 13.5. The van der Waals surface area contributed by atoms with Crippen LogP contribution in [0.4, 0.5) is 0 Å². The normalized spacial score (nSPS) is 24.5. The van der Waals surface area contributed by atoms with Crippen LogP contribution in [0.15, 0.2) is 36.5 Å². The average Bonchev–Trinajstić information content (AvgIpc) is 0.778. The van der Waals surface area contributed by atoms with E-state index in [1.807, 2.05) is 6.08 Å². The number of unbranched alkanes of at least 4 members (excludes halogenated alkanes) is 63. The Morgan fingerprint density at radius 1 is 0.299 bits per heavy atom. The molecule has 0 aliphatic carbocycles. The fraction of sp³-hybridized carbons (Fsp3) is 0.929. The van der Waals surface area contributed by atoms with Gasteiger partial charge in [-0.2, -0.15) is 0 Å². The van der Waals surface area contributed by atoms with Crippen molar-refractivity contribution >= 4 is 5.91 Å². The number of aliphatic hydroxyl groups excluding tert-OH is 11. The quantitative estimate of drug-likeness (QED) is 0.0199. The molecular weight excluding hydrogens is 1480 g/mol. The molecule has 19 nitrogen and oxygen atoms in total. The Hall–Kier alpha value is -1.99. The summed E-state index contributed by atoms with van der Waals surface area (Å²) < 4.78 is 34.6. The maximum atomic E-state index is 13.5. The minimum atomic E-state index is -1.98. The van der Waals surface area contributed by atoms with Gasteiger partial charge in [-0.3, -0.25) is 4.79 Å². The van der Waals surface area contributed by atoms with Gasteiger partial charge in [0.05, 0.1) is 38.6 Å². The number of hydrogen-bond acceptors (Lipinski definition) is 18. The van der Waals surface area contributed by atoms with Gasteiger partial charge in [0.25, 0.3) is 0 Å². The SMILES string of the molecule is CCCCCCCCCC/C=C\CCCCCCCCCCCCCCCCCCCCCCCCCCCCCCCC(=O)NC(COC1OC(CO)C(OC2OC(CO)C(OC3OC(CO)C(O)C(O)C3O)C(O)C2O)C(O)C1O)C(O)/C=C/CC/C=C/CCCCCCCCCCCCCCCCCCCCCCCCCCC. The molecule has 3 rings (SSSR count). The van der Waals surface area contributed by atoms with Crippen molar-refractivity contribution in [2.45, 2.75) is 555 Å². The van der Waals surface area contributed by atoms with Gasteiger partial charge in [-0.05, 0) is 57.8 Å². The molecule has 690 valence electrons. The lowest BCUT2D eigenvalue weighted by Crippen LogP contribution is -2.66. The summed E-state index contributed by atoms with van der Waals surface area (Å²) in [5.74, 6) is -0.275. The van der Waals surface area contributed by atoms with Gasteiger partial charge in [0.1, 0.15) is 73.2 Å². The van der Waals surface area contributed by atoms with E-state index < -0.39 is 124 Å². The summed E-state index contributed by atoms with van der Waals surface area (Å²) >= 11 is 0. The molecule has 0 aromatic heterocycles. The monoisotopic (exact) mass is 1660 g/mol. The molecule has 17 unspecified atom stereocenters. The first-order chi connectivity index (χ1) is 57.3. The molecule has 19 heteroatoms. The van der Waals surface area contributed by atoms with Gasteiger partial charge in [0, 0.05) is 6.42 Å². The van der Waals surface area contributed by atoms with E-state index in [1.54, 1.807) is 6.08 Å². The first-order valence-corrected chi connectivity index (χ1v) is 49.7. The van der Waals surface area contributed by atoms with Crippen molar-refractivity contribution in [3.8, 4) is 0 Å². The third kappa shape index (κ3) is 55.2. The topological polar surface area (TPSA) is 307 Å². The fourth-order valence-electron chi connectivity index (χ4n) is 17.0. The van der Waals surface area contributed by atoms with E-state index in [2.05, 4.69) is 43.5 Å². The van der Waals surface area contributed by atoms with E-state index in [1.165, 1.54) is 379 Å². The van der Waals surface area contributed by atoms with E-state index in [0.29, 0.717) is 12.8 Å². The van der Waals surface area contributed by atoms with Gasteiger partial charge in [0.15, 0.2) is 18.9 Å². The highest BCUT2D eigenvalue weighted by Crippen LogP contribution is 2.34. The number of nitrogens with one attached hydrogen (secondary N) is 1. The number of hydrogen-bond donors (Lipinski definition) is 12. The number of carbonyl (C=O) groups excluding carboxylic acids is 1. The van der Waals surface area contributed by atoms with E-state index >= 15 is 0 Å². The molecule has 1 amide bonds. The number of allylic oxidation sites excluding steroid dienone is 5. The average molecular weight is 1670 g/mol. The number of amides is 1.